The largest absolute Gasteiger partial charge is 0.460 e. The minimum Gasteiger partial charge on any atom is -0.460 e. The van der Waals surface area contributed by atoms with Crippen molar-refractivity contribution in [2.45, 2.75) is 26.3 Å². The van der Waals surface area contributed by atoms with Crippen molar-refractivity contribution in [3.05, 3.63) is 30.0 Å². The summed E-state index contributed by atoms with van der Waals surface area (Å²) in [6.45, 7) is 4.68. The first-order valence-electron chi connectivity index (χ1n) is 6.05. The molecule has 0 saturated heterocycles. The van der Waals surface area contributed by atoms with E-state index < -0.39 is 0 Å². The van der Waals surface area contributed by atoms with E-state index >= 15 is 0 Å². The fraction of sp³-hybridized carbons (Fsp3) is 0.385. The Kier molecular flexibility index (Phi) is 3.94. The molecule has 0 amide bonds. The highest BCUT2D eigenvalue weighted by atomic mass is 16.3. The summed E-state index contributed by atoms with van der Waals surface area (Å²) in [7, 11) is 0. The third kappa shape index (κ3) is 3.30. The summed E-state index contributed by atoms with van der Waals surface area (Å²) in [6.07, 6.45) is 0.904. The number of rotatable bonds is 5. The average molecular weight is 246 g/mol. The molecule has 0 bridgehead atoms. The van der Waals surface area contributed by atoms with Crippen molar-refractivity contribution in [3.63, 3.8) is 0 Å². The average Bonchev–Trinajstić information content (AvgIpc) is 2.76. The normalized spacial score (nSPS) is 12.4. The molecule has 2 heterocycles. The Hall–Kier alpha value is -1.88. The third-order valence-electron chi connectivity index (χ3n) is 2.56. The van der Waals surface area contributed by atoms with Crippen LogP contribution in [0.2, 0.25) is 0 Å². The number of nitrogens with zero attached hydrogens (tertiary/aromatic N) is 2. The molecule has 5 nitrogen and oxygen atoms in total. The fourth-order valence-electron chi connectivity index (χ4n) is 1.56. The zero-order valence-electron chi connectivity index (χ0n) is 10.7. The molecule has 0 saturated carbocycles. The van der Waals surface area contributed by atoms with Gasteiger partial charge >= 0.3 is 0 Å². The molecule has 1 atom stereocenters. The lowest BCUT2D eigenvalue weighted by molar-refractivity contribution is 0.545. The highest BCUT2D eigenvalue weighted by Crippen LogP contribution is 2.19. The highest BCUT2D eigenvalue weighted by Gasteiger charge is 2.05. The lowest BCUT2D eigenvalue weighted by Gasteiger charge is -2.07. The van der Waals surface area contributed by atoms with Gasteiger partial charge in [-0.3, -0.25) is 0 Å². The minimum absolute atomic E-state index is 0.191. The van der Waals surface area contributed by atoms with Crippen LogP contribution in [0.5, 0.6) is 0 Å². The van der Waals surface area contributed by atoms with Crippen LogP contribution in [-0.4, -0.2) is 22.8 Å². The number of nitrogens with two attached hydrogens (primary N) is 1. The lowest BCUT2D eigenvalue weighted by atomic mass is 10.2. The topological polar surface area (TPSA) is 77.0 Å². The summed E-state index contributed by atoms with van der Waals surface area (Å²) in [4.78, 5) is 0. The molecule has 0 radical (unpaired) electrons. The molecular weight excluding hydrogens is 228 g/mol. The van der Waals surface area contributed by atoms with Crippen molar-refractivity contribution >= 4 is 5.82 Å². The van der Waals surface area contributed by atoms with E-state index in [1.807, 2.05) is 38.1 Å². The molecule has 0 spiro atoms. The highest BCUT2D eigenvalue weighted by molar-refractivity contribution is 5.53. The number of furan rings is 1. The van der Waals surface area contributed by atoms with Gasteiger partial charge in [0.1, 0.15) is 17.3 Å². The van der Waals surface area contributed by atoms with E-state index in [0.717, 1.165) is 36.0 Å². The van der Waals surface area contributed by atoms with Crippen LogP contribution in [0, 0.1) is 6.92 Å². The van der Waals surface area contributed by atoms with E-state index in [4.69, 9.17) is 10.2 Å². The summed E-state index contributed by atoms with van der Waals surface area (Å²) >= 11 is 0. The van der Waals surface area contributed by atoms with Gasteiger partial charge in [-0.1, -0.05) is 0 Å². The Morgan fingerprint density at radius 1 is 1.28 bits per heavy atom. The Balaban J connectivity index is 1.97. The Labute approximate surface area is 106 Å². The van der Waals surface area contributed by atoms with Crippen LogP contribution < -0.4 is 11.1 Å². The molecule has 3 N–H and O–H groups in total. The second-order valence-electron chi connectivity index (χ2n) is 4.41. The van der Waals surface area contributed by atoms with E-state index in [1.54, 1.807) is 0 Å². The zero-order valence-corrected chi connectivity index (χ0v) is 10.7. The third-order valence-corrected chi connectivity index (χ3v) is 2.56. The Morgan fingerprint density at radius 3 is 2.67 bits per heavy atom. The van der Waals surface area contributed by atoms with E-state index in [2.05, 4.69) is 15.5 Å². The SMILES string of the molecule is Cc1ccc(-c2ccc(NCCC(C)N)nn2)o1. The lowest BCUT2D eigenvalue weighted by Crippen LogP contribution is -2.19. The van der Waals surface area contributed by atoms with Crippen LogP contribution in [-0.2, 0) is 0 Å². The van der Waals surface area contributed by atoms with Crippen LogP contribution >= 0.6 is 0 Å². The monoisotopic (exact) mass is 246 g/mol. The van der Waals surface area contributed by atoms with E-state index in [9.17, 15) is 0 Å². The maximum atomic E-state index is 5.67. The first kappa shape index (κ1) is 12.6. The summed E-state index contributed by atoms with van der Waals surface area (Å²) in [5.74, 6) is 2.36. The number of nitrogens with one attached hydrogen (secondary N) is 1. The molecule has 0 aromatic carbocycles. The van der Waals surface area contributed by atoms with Crippen molar-refractivity contribution in [3.8, 4) is 11.5 Å². The smallest absolute Gasteiger partial charge is 0.154 e. The summed E-state index contributed by atoms with van der Waals surface area (Å²) in [5.41, 5.74) is 6.41. The first-order chi connectivity index (χ1) is 8.65. The van der Waals surface area contributed by atoms with E-state index in [1.165, 1.54) is 0 Å². The van der Waals surface area contributed by atoms with Crippen LogP contribution in [0.4, 0.5) is 5.82 Å². The maximum absolute atomic E-state index is 5.67. The van der Waals surface area contributed by atoms with Gasteiger partial charge in [0.15, 0.2) is 5.76 Å². The molecule has 0 aliphatic carbocycles. The number of aromatic nitrogens is 2. The summed E-state index contributed by atoms with van der Waals surface area (Å²) in [5, 5.41) is 11.4. The predicted octanol–water partition coefficient (Wildman–Crippen LogP) is 2.19. The molecule has 2 aromatic rings. The molecule has 0 aliphatic heterocycles. The molecule has 1 unspecified atom stereocenters. The van der Waals surface area contributed by atoms with Gasteiger partial charge in [0.25, 0.3) is 0 Å². The molecule has 18 heavy (non-hydrogen) atoms. The Morgan fingerprint density at radius 2 is 2.11 bits per heavy atom. The second-order valence-corrected chi connectivity index (χ2v) is 4.41. The van der Waals surface area contributed by atoms with Gasteiger partial charge in [0.05, 0.1) is 0 Å². The molecular formula is C13H18N4O. The second kappa shape index (κ2) is 5.64. The molecule has 2 aromatic heterocycles. The standard InChI is InChI=1S/C13H18N4O/c1-9(14)7-8-15-13-6-4-11(16-17-13)12-5-3-10(2)18-12/h3-6,9H,7-8,14H2,1-2H3,(H,15,17). The zero-order chi connectivity index (χ0) is 13.0. The van der Waals surface area contributed by atoms with Crippen molar-refractivity contribution < 1.29 is 4.42 Å². The number of hydrogen-bond acceptors (Lipinski definition) is 5. The number of aryl methyl sites for hydroxylation is 1. The Bertz CT molecular complexity index is 490. The summed E-state index contributed by atoms with van der Waals surface area (Å²) < 4.78 is 5.48. The first-order valence-corrected chi connectivity index (χ1v) is 6.05. The molecule has 96 valence electrons. The fourth-order valence-corrected chi connectivity index (χ4v) is 1.56. The molecule has 5 heteroatoms. The van der Waals surface area contributed by atoms with Crippen LogP contribution in [0.1, 0.15) is 19.1 Å². The van der Waals surface area contributed by atoms with Gasteiger partial charge in [-0.05, 0) is 44.5 Å². The quantitative estimate of drug-likeness (QED) is 0.845. The van der Waals surface area contributed by atoms with Gasteiger partial charge in [-0.15, -0.1) is 10.2 Å². The maximum Gasteiger partial charge on any atom is 0.154 e. The van der Waals surface area contributed by atoms with Crippen molar-refractivity contribution in [1.29, 1.82) is 0 Å². The predicted molar refractivity (Wildman–Crippen MR) is 71.2 cm³/mol. The van der Waals surface area contributed by atoms with Gasteiger partial charge in [-0.25, -0.2) is 0 Å². The van der Waals surface area contributed by atoms with Crippen molar-refractivity contribution in [2.75, 3.05) is 11.9 Å². The molecule has 0 aliphatic rings. The number of anilines is 1. The van der Waals surface area contributed by atoms with Gasteiger partial charge in [0.2, 0.25) is 0 Å². The van der Waals surface area contributed by atoms with Gasteiger partial charge < -0.3 is 15.5 Å². The number of hydrogen-bond donors (Lipinski definition) is 2. The molecule has 2 rings (SSSR count). The van der Waals surface area contributed by atoms with Gasteiger partial charge in [-0.2, -0.15) is 0 Å². The van der Waals surface area contributed by atoms with Crippen LogP contribution in [0.3, 0.4) is 0 Å². The van der Waals surface area contributed by atoms with Gasteiger partial charge in [0, 0.05) is 12.6 Å². The van der Waals surface area contributed by atoms with Crippen molar-refractivity contribution in [2.24, 2.45) is 5.73 Å². The minimum atomic E-state index is 0.191. The van der Waals surface area contributed by atoms with E-state index in [-0.39, 0.29) is 6.04 Å². The van der Waals surface area contributed by atoms with Crippen molar-refractivity contribution in [1.82, 2.24) is 10.2 Å². The molecule has 0 fully saturated rings. The van der Waals surface area contributed by atoms with Crippen LogP contribution in [0.25, 0.3) is 11.5 Å². The van der Waals surface area contributed by atoms with E-state index in [0.29, 0.717) is 0 Å². The summed E-state index contributed by atoms with van der Waals surface area (Å²) in [6, 6.07) is 7.77. The van der Waals surface area contributed by atoms with Crippen LogP contribution in [0.15, 0.2) is 28.7 Å².